The van der Waals surface area contributed by atoms with E-state index in [4.69, 9.17) is 4.74 Å². The lowest BCUT2D eigenvalue weighted by Crippen LogP contribution is -2.63. The molecule has 7 nitrogen and oxygen atoms in total. The van der Waals surface area contributed by atoms with Crippen molar-refractivity contribution in [3.63, 3.8) is 0 Å². The Balaban J connectivity index is 1.60. The minimum atomic E-state index is -0.551. The topological polar surface area (TPSA) is 82.7 Å². The normalized spacial score (nSPS) is 20.0. The number of benzene rings is 2. The monoisotopic (exact) mass is 459 g/mol. The molecule has 2 atom stereocenters. The fourth-order valence-corrected chi connectivity index (χ4v) is 5.19. The van der Waals surface area contributed by atoms with Crippen molar-refractivity contribution in [2.24, 2.45) is 5.92 Å². The predicted octanol–water partition coefficient (Wildman–Crippen LogP) is 3.69. The first-order valence-corrected chi connectivity index (χ1v) is 11.8. The first kappa shape index (κ1) is 22.2. The Kier molecular flexibility index (Phi) is 5.63. The highest BCUT2D eigenvalue weighted by molar-refractivity contribution is 5.97. The van der Waals surface area contributed by atoms with Crippen LogP contribution in [0.2, 0.25) is 0 Å². The van der Waals surface area contributed by atoms with Crippen LogP contribution in [0.4, 0.5) is 0 Å². The third kappa shape index (κ3) is 3.65. The molecule has 0 bridgehead atoms. The molecule has 7 heteroatoms. The van der Waals surface area contributed by atoms with E-state index >= 15 is 0 Å². The number of hydrogen-bond donors (Lipinski definition) is 1. The summed E-state index contributed by atoms with van der Waals surface area (Å²) in [5.41, 5.74) is 4.28. The number of fused-ring (bicyclic) bond motifs is 4. The molecule has 0 saturated carbocycles. The first-order chi connectivity index (χ1) is 16.4. The van der Waals surface area contributed by atoms with Gasteiger partial charge in [0.15, 0.2) is 0 Å². The number of hydrogen-bond acceptors (Lipinski definition) is 4. The second-order valence-electron chi connectivity index (χ2n) is 9.54. The van der Waals surface area contributed by atoms with Crippen molar-refractivity contribution in [3.8, 4) is 0 Å². The molecule has 2 aliphatic heterocycles. The number of carbonyl (C=O) groups is 3. The molecule has 3 heterocycles. The Hall–Kier alpha value is -3.61. The zero-order valence-electron chi connectivity index (χ0n) is 19.7. The lowest BCUT2D eigenvalue weighted by Gasteiger charge is -2.47. The SMILES string of the molecule is COC(=O)c1ccc(C2c3[nH]c4ccccc4c3CC3C(=O)N(CCC(C)C)CC(=O)N32)cc1. The van der Waals surface area contributed by atoms with E-state index < -0.39 is 18.1 Å². The summed E-state index contributed by atoms with van der Waals surface area (Å²) in [5, 5.41) is 1.08. The standard InChI is InChI=1S/C27H29N3O4/c1-16(2)12-13-29-15-23(31)30-22(26(29)32)14-20-19-6-4-5-7-21(19)28-24(20)25(30)17-8-10-18(11-9-17)27(33)34-3/h4-11,16,22,25,28H,12-15H2,1-3H3. The molecule has 0 spiro atoms. The number of nitrogens with one attached hydrogen (secondary N) is 1. The average Bonchev–Trinajstić information content (AvgIpc) is 3.22. The Labute approximate surface area is 198 Å². The summed E-state index contributed by atoms with van der Waals surface area (Å²) in [6.07, 6.45) is 1.35. The maximum absolute atomic E-state index is 13.6. The zero-order chi connectivity index (χ0) is 24.0. The van der Waals surface area contributed by atoms with E-state index in [0.29, 0.717) is 24.4 Å². The van der Waals surface area contributed by atoms with E-state index in [0.717, 1.165) is 34.1 Å². The minimum absolute atomic E-state index is 0.00682. The van der Waals surface area contributed by atoms with E-state index in [1.54, 1.807) is 21.9 Å². The van der Waals surface area contributed by atoms with Crippen LogP contribution in [0, 0.1) is 5.92 Å². The van der Waals surface area contributed by atoms with Crippen molar-refractivity contribution < 1.29 is 19.1 Å². The average molecular weight is 460 g/mol. The molecule has 1 fully saturated rings. The quantitative estimate of drug-likeness (QED) is 0.590. The number of aromatic nitrogens is 1. The summed E-state index contributed by atoms with van der Waals surface area (Å²) in [5.74, 6) is -0.00922. The Bertz CT molecular complexity index is 1260. The van der Waals surface area contributed by atoms with Gasteiger partial charge >= 0.3 is 5.97 Å². The maximum atomic E-state index is 13.6. The molecule has 5 rings (SSSR count). The summed E-state index contributed by atoms with van der Waals surface area (Å²) in [7, 11) is 1.35. The molecule has 2 aliphatic rings. The lowest BCUT2D eigenvalue weighted by atomic mass is 9.86. The van der Waals surface area contributed by atoms with Gasteiger partial charge in [0.1, 0.15) is 6.04 Å². The second-order valence-corrected chi connectivity index (χ2v) is 9.54. The highest BCUT2D eigenvalue weighted by atomic mass is 16.5. The molecule has 2 unspecified atom stereocenters. The van der Waals surface area contributed by atoms with Crippen LogP contribution in [0.5, 0.6) is 0 Å². The smallest absolute Gasteiger partial charge is 0.337 e. The van der Waals surface area contributed by atoms with Gasteiger partial charge in [-0.15, -0.1) is 0 Å². The second kappa shape index (κ2) is 8.63. The van der Waals surface area contributed by atoms with Gasteiger partial charge in [0, 0.05) is 29.6 Å². The number of nitrogens with zero attached hydrogens (tertiary/aromatic N) is 2. The highest BCUT2D eigenvalue weighted by Crippen LogP contribution is 2.42. The van der Waals surface area contributed by atoms with Crippen LogP contribution < -0.4 is 0 Å². The highest BCUT2D eigenvalue weighted by Gasteiger charge is 2.48. The zero-order valence-corrected chi connectivity index (χ0v) is 19.7. The van der Waals surface area contributed by atoms with Crippen molar-refractivity contribution >= 4 is 28.7 Å². The Morgan fingerprint density at radius 2 is 1.85 bits per heavy atom. The summed E-state index contributed by atoms with van der Waals surface area (Å²) in [4.78, 5) is 46.0. The van der Waals surface area contributed by atoms with Crippen LogP contribution in [0.3, 0.4) is 0 Å². The fourth-order valence-electron chi connectivity index (χ4n) is 5.19. The number of para-hydroxylation sites is 1. The minimum Gasteiger partial charge on any atom is -0.465 e. The molecule has 1 N–H and O–H groups in total. The Morgan fingerprint density at radius 3 is 2.56 bits per heavy atom. The van der Waals surface area contributed by atoms with Gasteiger partial charge in [-0.25, -0.2) is 4.79 Å². The predicted molar refractivity (Wildman–Crippen MR) is 128 cm³/mol. The number of carbonyl (C=O) groups excluding carboxylic acids is 3. The molecule has 176 valence electrons. The number of amides is 2. The molecule has 2 amide bonds. The van der Waals surface area contributed by atoms with Crippen LogP contribution in [0.15, 0.2) is 48.5 Å². The van der Waals surface area contributed by atoms with Gasteiger partial charge in [0.2, 0.25) is 11.8 Å². The van der Waals surface area contributed by atoms with Gasteiger partial charge in [0.25, 0.3) is 0 Å². The van der Waals surface area contributed by atoms with E-state index in [2.05, 4.69) is 24.9 Å². The molecular formula is C27H29N3O4. The molecule has 1 saturated heterocycles. The van der Waals surface area contributed by atoms with Crippen molar-refractivity contribution in [2.75, 3.05) is 20.2 Å². The van der Waals surface area contributed by atoms with Crippen LogP contribution in [-0.2, 0) is 20.7 Å². The van der Waals surface area contributed by atoms with Crippen LogP contribution in [-0.4, -0.2) is 58.8 Å². The van der Waals surface area contributed by atoms with Gasteiger partial charge in [-0.2, -0.15) is 0 Å². The van der Waals surface area contributed by atoms with Gasteiger partial charge < -0.3 is 19.5 Å². The van der Waals surface area contributed by atoms with Gasteiger partial charge in [0.05, 0.1) is 25.3 Å². The van der Waals surface area contributed by atoms with E-state index in [9.17, 15) is 14.4 Å². The molecule has 2 aromatic carbocycles. The van der Waals surface area contributed by atoms with Crippen LogP contribution >= 0.6 is 0 Å². The first-order valence-electron chi connectivity index (χ1n) is 11.8. The number of H-pyrrole nitrogens is 1. The number of rotatable bonds is 5. The van der Waals surface area contributed by atoms with E-state index in [1.807, 2.05) is 30.3 Å². The summed E-state index contributed by atoms with van der Waals surface area (Å²) in [6, 6.07) is 14.2. The van der Waals surface area contributed by atoms with Gasteiger partial charge in [-0.05, 0) is 41.7 Å². The summed E-state index contributed by atoms with van der Waals surface area (Å²) < 4.78 is 4.83. The van der Waals surface area contributed by atoms with E-state index in [1.165, 1.54) is 7.11 Å². The summed E-state index contributed by atoms with van der Waals surface area (Å²) >= 11 is 0. The molecule has 0 aliphatic carbocycles. The third-order valence-corrected chi connectivity index (χ3v) is 6.97. The number of methoxy groups -OCH3 is 1. The van der Waals surface area contributed by atoms with Gasteiger partial charge in [-0.1, -0.05) is 44.2 Å². The number of ether oxygens (including phenoxy) is 1. The molecule has 0 radical (unpaired) electrons. The molecule has 34 heavy (non-hydrogen) atoms. The number of esters is 1. The lowest BCUT2D eigenvalue weighted by molar-refractivity contribution is -0.158. The van der Waals surface area contributed by atoms with Crippen molar-refractivity contribution in [2.45, 2.75) is 38.8 Å². The largest absolute Gasteiger partial charge is 0.465 e. The molecule has 3 aromatic rings. The fraction of sp³-hybridized carbons (Fsp3) is 0.370. The van der Waals surface area contributed by atoms with Crippen LogP contribution in [0.25, 0.3) is 10.9 Å². The number of piperazine rings is 1. The number of aromatic amines is 1. The van der Waals surface area contributed by atoms with Crippen molar-refractivity contribution in [1.82, 2.24) is 14.8 Å². The third-order valence-electron chi connectivity index (χ3n) is 6.97. The molecule has 1 aromatic heterocycles. The Morgan fingerprint density at radius 1 is 1.12 bits per heavy atom. The molecular weight excluding hydrogens is 430 g/mol. The van der Waals surface area contributed by atoms with Crippen molar-refractivity contribution in [1.29, 1.82) is 0 Å². The maximum Gasteiger partial charge on any atom is 0.337 e. The van der Waals surface area contributed by atoms with Crippen LogP contribution in [0.1, 0.15) is 53.5 Å². The van der Waals surface area contributed by atoms with Crippen molar-refractivity contribution in [3.05, 3.63) is 70.9 Å². The van der Waals surface area contributed by atoms with Gasteiger partial charge in [-0.3, -0.25) is 9.59 Å². The van der Waals surface area contributed by atoms with E-state index in [-0.39, 0.29) is 18.4 Å². The summed E-state index contributed by atoms with van der Waals surface area (Å²) in [6.45, 7) is 4.92.